The minimum atomic E-state index is -0.0194. The van der Waals surface area contributed by atoms with Gasteiger partial charge < -0.3 is 19.1 Å². The van der Waals surface area contributed by atoms with Gasteiger partial charge in [0.05, 0.1) is 24.5 Å². The molecule has 6 heteroatoms. The van der Waals surface area contributed by atoms with Gasteiger partial charge in [0.25, 0.3) is 0 Å². The normalized spacial score (nSPS) is 21.8. The van der Waals surface area contributed by atoms with Crippen molar-refractivity contribution in [3.63, 3.8) is 0 Å². The second kappa shape index (κ2) is 8.88. The topological polar surface area (TPSA) is 56.7 Å². The molecule has 2 aromatic rings. The monoisotopic (exact) mass is 383 g/mol. The molecular weight excluding hydrogens is 354 g/mol. The first-order valence-corrected chi connectivity index (χ1v) is 10.3. The van der Waals surface area contributed by atoms with Crippen LogP contribution < -0.4 is 9.64 Å². The third-order valence-corrected chi connectivity index (χ3v) is 5.36. The Balaban J connectivity index is 1.82. The first-order chi connectivity index (χ1) is 13.8. The number of aromatic nitrogens is 2. The zero-order valence-electron chi connectivity index (χ0n) is 16.8. The van der Waals surface area contributed by atoms with E-state index in [0.29, 0.717) is 11.8 Å². The molecule has 0 saturated carbocycles. The standard InChI is InChI=1S/C22H29N3O3/c1-3-13-25(16-9-5-4-6-10-16)22-23-20(18-12-8-15-28-18)19(21(24-22)26-2)17-11-7-14-27-17/h4-6,9-10,17-18H,3,7-8,11-15H2,1-2H3. The number of hydrogen-bond donors (Lipinski definition) is 0. The van der Waals surface area contributed by atoms with E-state index in [-0.39, 0.29) is 12.2 Å². The lowest BCUT2D eigenvalue weighted by Gasteiger charge is -2.26. The Labute approximate surface area is 166 Å². The van der Waals surface area contributed by atoms with E-state index in [0.717, 1.165) is 68.8 Å². The van der Waals surface area contributed by atoms with Crippen molar-refractivity contribution in [1.29, 1.82) is 0 Å². The number of benzene rings is 1. The van der Waals surface area contributed by atoms with Crippen molar-refractivity contribution in [2.24, 2.45) is 0 Å². The highest BCUT2D eigenvalue weighted by molar-refractivity contribution is 5.58. The van der Waals surface area contributed by atoms with E-state index in [2.05, 4.69) is 24.0 Å². The highest BCUT2D eigenvalue weighted by Gasteiger charge is 2.33. The van der Waals surface area contributed by atoms with Gasteiger partial charge in [0.15, 0.2) is 0 Å². The predicted molar refractivity (Wildman–Crippen MR) is 108 cm³/mol. The molecule has 0 N–H and O–H groups in total. The number of para-hydroxylation sites is 1. The lowest BCUT2D eigenvalue weighted by atomic mass is 10.0. The van der Waals surface area contributed by atoms with Gasteiger partial charge in [-0.15, -0.1) is 0 Å². The molecule has 0 bridgehead atoms. The molecule has 0 spiro atoms. The van der Waals surface area contributed by atoms with Crippen LogP contribution in [0.15, 0.2) is 30.3 Å². The van der Waals surface area contributed by atoms with Crippen molar-refractivity contribution in [2.75, 3.05) is 31.8 Å². The summed E-state index contributed by atoms with van der Waals surface area (Å²) in [5, 5.41) is 0. The van der Waals surface area contributed by atoms with Crippen LogP contribution >= 0.6 is 0 Å². The summed E-state index contributed by atoms with van der Waals surface area (Å²) >= 11 is 0. The molecule has 150 valence electrons. The highest BCUT2D eigenvalue weighted by Crippen LogP contribution is 2.42. The van der Waals surface area contributed by atoms with E-state index in [1.54, 1.807) is 7.11 Å². The largest absolute Gasteiger partial charge is 0.481 e. The summed E-state index contributed by atoms with van der Waals surface area (Å²) < 4.78 is 17.8. The average Bonchev–Trinajstić information content (AvgIpc) is 3.46. The molecule has 28 heavy (non-hydrogen) atoms. The maximum atomic E-state index is 6.02. The molecule has 2 aliphatic rings. The van der Waals surface area contributed by atoms with E-state index in [9.17, 15) is 0 Å². The fourth-order valence-electron chi connectivity index (χ4n) is 4.05. The van der Waals surface area contributed by atoms with Crippen molar-refractivity contribution in [2.45, 2.75) is 51.2 Å². The summed E-state index contributed by atoms with van der Waals surface area (Å²) in [7, 11) is 1.68. The molecule has 6 nitrogen and oxygen atoms in total. The molecule has 3 heterocycles. The summed E-state index contributed by atoms with van der Waals surface area (Å²) in [6.45, 7) is 4.54. The zero-order valence-corrected chi connectivity index (χ0v) is 16.8. The summed E-state index contributed by atoms with van der Waals surface area (Å²) in [6.07, 6.45) is 4.99. The van der Waals surface area contributed by atoms with Crippen LogP contribution in [0.1, 0.15) is 62.5 Å². The smallest absolute Gasteiger partial charge is 0.233 e. The Morgan fingerprint density at radius 1 is 1.04 bits per heavy atom. The second-order valence-corrected chi connectivity index (χ2v) is 7.32. The van der Waals surface area contributed by atoms with Gasteiger partial charge in [0, 0.05) is 25.4 Å². The molecule has 4 rings (SSSR count). The zero-order chi connectivity index (χ0) is 19.3. The summed E-state index contributed by atoms with van der Waals surface area (Å²) in [4.78, 5) is 12.0. The molecule has 2 saturated heterocycles. The molecule has 1 aromatic heterocycles. The van der Waals surface area contributed by atoms with E-state index >= 15 is 0 Å². The first kappa shape index (κ1) is 19.2. The van der Waals surface area contributed by atoms with Gasteiger partial charge in [-0.25, -0.2) is 4.98 Å². The average molecular weight is 383 g/mol. The van der Waals surface area contributed by atoms with Gasteiger partial charge in [-0.3, -0.25) is 0 Å². The predicted octanol–water partition coefficient (Wildman–Crippen LogP) is 4.74. The van der Waals surface area contributed by atoms with Crippen LogP contribution in [-0.2, 0) is 9.47 Å². The highest BCUT2D eigenvalue weighted by atomic mass is 16.5. The van der Waals surface area contributed by atoms with Crippen molar-refractivity contribution in [3.05, 3.63) is 41.6 Å². The third-order valence-electron chi connectivity index (χ3n) is 5.36. The summed E-state index contributed by atoms with van der Waals surface area (Å²) in [6, 6.07) is 10.3. The van der Waals surface area contributed by atoms with Gasteiger partial charge in [-0.1, -0.05) is 25.1 Å². The minimum absolute atomic E-state index is 0.0143. The van der Waals surface area contributed by atoms with Crippen LogP contribution in [0.5, 0.6) is 5.88 Å². The van der Waals surface area contributed by atoms with Crippen LogP contribution in [0.2, 0.25) is 0 Å². The van der Waals surface area contributed by atoms with E-state index in [1.165, 1.54) is 0 Å². The molecule has 2 atom stereocenters. The van der Waals surface area contributed by atoms with Gasteiger partial charge in [0.1, 0.15) is 6.10 Å². The third kappa shape index (κ3) is 3.84. The number of anilines is 2. The van der Waals surface area contributed by atoms with Crippen molar-refractivity contribution < 1.29 is 14.2 Å². The molecule has 0 aliphatic carbocycles. The first-order valence-electron chi connectivity index (χ1n) is 10.3. The van der Waals surface area contributed by atoms with Gasteiger partial charge in [0.2, 0.25) is 11.8 Å². The Morgan fingerprint density at radius 3 is 2.36 bits per heavy atom. The van der Waals surface area contributed by atoms with E-state index in [4.69, 9.17) is 24.2 Å². The van der Waals surface area contributed by atoms with Crippen LogP contribution in [0.4, 0.5) is 11.6 Å². The second-order valence-electron chi connectivity index (χ2n) is 7.32. The minimum Gasteiger partial charge on any atom is -0.481 e. The fourth-order valence-corrected chi connectivity index (χ4v) is 4.05. The molecule has 0 amide bonds. The molecule has 0 radical (unpaired) electrons. The van der Waals surface area contributed by atoms with Gasteiger partial charge >= 0.3 is 0 Å². The van der Waals surface area contributed by atoms with Gasteiger partial charge in [-0.2, -0.15) is 4.98 Å². The van der Waals surface area contributed by atoms with Crippen molar-refractivity contribution >= 4 is 11.6 Å². The molecule has 1 aromatic carbocycles. The van der Waals surface area contributed by atoms with Crippen LogP contribution in [0, 0.1) is 0 Å². The Hall–Kier alpha value is -2.18. The van der Waals surface area contributed by atoms with E-state index in [1.807, 2.05) is 18.2 Å². The van der Waals surface area contributed by atoms with Gasteiger partial charge in [-0.05, 0) is 44.2 Å². The van der Waals surface area contributed by atoms with Crippen LogP contribution in [0.25, 0.3) is 0 Å². The molecule has 2 unspecified atom stereocenters. The maximum Gasteiger partial charge on any atom is 0.233 e. The molecule has 2 aliphatic heterocycles. The van der Waals surface area contributed by atoms with Crippen LogP contribution in [0.3, 0.4) is 0 Å². The number of rotatable bonds is 7. The maximum absolute atomic E-state index is 6.02. The fraction of sp³-hybridized carbons (Fsp3) is 0.545. The lowest BCUT2D eigenvalue weighted by molar-refractivity contribution is 0.0890. The number of hydrogen-bond acceptors (Lipinski definition) is 6. The SMILES string of the molecule is CCCN(c1ccccc1)c1nc(OC)c(C2CCCO2)c(C2CCCO2)n1. The summed E-state index contributed by atoms with van der Waals surface area (Å²) in [5.41, 5.74) is 2.98. The van der Waals surface area contributed by atoms with Crippen molar-refractivity contribution in [1.82, 2.24) is 9.97 Å². The Bertz CT molecular complexity index is 772. The summed E-state index contributed by atoms with van der Waals surface area (Å²) in [5.74, 6) is 1.27. The lowest BCUT2D eigenvalue weighted by Crippen LogP contribution is -2.23. The molecular formula is C22H29N3O3. The number of nitrogens with zero attached hydrogens (tertiary/aromatic N) is 3. The molecule has 2 fully saturated rings. The number of methoxy groups -OCH3 is 1. The number of ether oxygens (including phenoxy) is 3. The Morgan fingerprint density at radius 2 is 1.75 bits per heavy atom. The quantitative estimate of drug-likeness (QED) is 0.688. The van der Waals surface area contributed by atoms with Crippen LogP contribution in [-0.4, -0.2) is 36.8 Å². The Kier molecular flexibility index (Phi) is 6.07. The van der Waals surface area contributed by atoms with Crippen molar-refractivity contribution in [3.8, 4) is 5.88 Å². The van der Waals surface area contributed by atoms with E-state index < -0.39 is 0 Å².